The number of likely N-dealkylation sites (N-methyl/N-ethyl adjacent to an activating group) is 1. The largest absolute Gasteiger partial charge is 0.399 e. The molecule has 0 spiro atoms. The molecule has 0 heterocycles. The molecule has 0 radical (unpaired) electrons. The minimum atomic E-state index is 0.384. The van der Waals surface area contributed by atoms with Crippen molar-refractivity contribution in [3.63, 3.8) is 0 Å². The molecule has 0 unspecified atom stereocenters. The molecule has 1 aromatic carbocycles. The van der Waals surface area contributed by atoms with E-state index in [1.165, 1.54) is 31.5 Å². The molecule has 118 valence electrons. The van der Waals surface area contributed by atoms with Crippen LogP contribution in [0, 0.1) is 5.92 Å². The van der Waals surface area contributed by atoms with Crippen LogP contribution in [0.5, 0.6) is 0 Å². The number of rotatable bonds is 8. The van der Waals surface area contributed by atoms with Crippen molar-refractivity contribution in [2.75, 3.05) is 46.0 Å². The van der Waals surface area contributed by atoms with E-state index in [-0.39, 0.29) is 0 Å². The van der Waals surface area contributed by atoms with Gasteiger partial charge in [-0.1, -0.05) is 26.0 Å². The Balaban J connectivity index is 2.02. The van der Waals surface area contributed by atoms with Crippen LogP contribution >= 0.6 is 0 Å². The van der Waals surface area contributed by atoms with Gasteiger partial charge in [-0.15, -0.1) is 0 Å². The Labute approximate surface area is 130 Å². The Morgan fingerprint density at radius 1 is 1.10 bits per heavy atom. The molecule has 1 saturated carbocycles. The predicted molar refractivity (Wildman–Crippen MR) is 91.6 cm³/mol. The van der Waals surface area contributed by atoms with Crippen LogP contribution in [0.2, 0.25) is 0 Å². The standard InChI is InChI=1S/C18H31N3/c1-15(2)13-21(12-11-20(3)4)14-18(9-10-18)16-5-7-17(19)8-6-16/h5-8,15H,9-14,19H2,1-4H3. The van der Waals surface area contributed by atoms with Crippen molar-refractivity contribution in [1.29, 1.82) is 0 Å². The van der Waals surface area contributed by atoms with Crippen molar-refractivity contribution in [1.82, 2.24) is 9.80 Å². The number of hydrogen-bond donors (Lipinski definition) is 1. The molecule has 2 rings (SSSR count). The lowest BCUT2D eigenvalue weighted by Crippen LogP contribution is -2.39. The monoisotopic (exact) mass is 289 g/mol. The Bertz CT molecular complexity index is 432. The lowest BCUT2D eigenvalue weighted by atomic mass is 9.94. The highest BCUT2D eigenvalue weighted by atomic mass is 15.2. The summed E-state index contributed by atoms with van der Waals surface area (Å²) < 4.78 is 0. The normalized spacial score (nSPS) is 16.9. The molecule has 1 aromatic rings. The van der Waals surface area contributed by atoms with E-state index in [9.17, 15) is 0 Å². The van der Waals surface area contributed by atoms with Crippen molar-refractivity contribution in [2.45, 2.75) is 32.1 Å². The summed E-state index contributed by atoms with van der Waals surface area (Å²) in [4.78, 5) is 4.92. The van der Waals surface area contributed by atoms with Crippen LogP contribution in [0.25, 0.3) is 0 Å². The molecule has 21 heavy (non-hydrogen) atoms. The fourth-order valence-corrected chi connectivity index (χ4v) is 3.05. The highest BCUT2D eigenvalue weighted by molar-refractivity contribution is 5.43. The van der Waals surface area contributed by atoms with Gasteiger partial charge < -0.3 is 15.5 Å². The van der Waals surface area contributed by atoms with E-state index in [1.807, 2.05) is 12.1 Å². The van der Waals surface area contributed by atoms with Gasteiger partial charge in [0.25, 0.3) is 0 Å². The maximum atomic E-state index is 5.82. The van der Waals surface area contributed by atoms with Gasteiger partial charge in [-0.2, -0.15) is 0 Å². The average Bonchev–Trinajstić information content (AvgIpc) is 3.17. The van der Waals surface area contributed by atoms with E-state index in [0.29, 0.717) is 5.41 Å². The second-order valence-electron chi connectivity index (χ2n) is 7.33. The Morgan fingerprint density at radius 3 is 2.19 bits per heavy atom. The first-order valence-electron chi connectivity index (χ1n) is 8.14. The third kappa shape index (κ3) is 4.72. The number of nitrogens with two attached hydrogens (primary N) is 1. The molecule has 0 saturated heterocycles. The van der Waals surface area contributed by atoms with Gasteiger partial charge in [0.2, 0.25) is 0 Å². The van der Waals surface area contributed by atoms with Crippen LogP contribution in [-0.4, -0.2) is 50.1 Å². The van der Waals surface area contributed by atoms with E-state index < -0.39 is 0 Å². The van der Waals surface area contributed by atoms with Crippen LogP contribution in [0.4, 0.5) is 5.69 Å². The van der Waals surface area contributed by atoms with Gasteiger partial charge in [0.1, 0.15) is 0 Å². The molecule has 0 aromatic heterocycles. The topological polar surface area (TPSA) is 32.5 Å². The minimum absolute atomic E-state index is 0.384. The lowest BCUT2D eigenvalue weighted by molar-refractivity contribution is 0.202. The molecule has 2 N–H and O–H groups in total. The van der Waals surface area contributed by atoms with Gasteiger partial charge in [-0.25, -0.2) is 0 Å². The number of anilines is 1. The fraction of sp³-hybridized carbons (Fsp3) is 0.667. The molecule has 1 fully saturated rings. The van der Waals surface area contributed by atoms with Crippen LogP contribution in [0.15, 0.2) is 24.3 Å². The summed E-state index contributed by atoms with van der Waals surface area (Å²) in [6, 6.07) is 8.54. The maximum absolute atomic E-state index is 5.82. The van der Waals surface area contributed by atoms with Crippen molar-refractivity contribution < 1.29 is 0 Å². The number of benzene rings is 1. The molecule has 0 bridgehead atoms. The smallest absolute Gasteiger partial charge is 0.0314 e. The highest BCUT2D eigenvalue weighted by Gasteiger charge is 2.45. The van der Waals surface area contributed by atoms with Gasteiger partial charge in [-0.05, 0) is 50.6 Å². The number of nitrogen functional groups attached to an aromatic ring is 1. The highest BCUT2D eigenvalue weighted by Crippen LogP contribution is 2.48. The van der Waals surface area contributed by atoms with Crippen LogP contribution in [0.3, 0.4) is 0 Å². The van der Waals surface area contributed by atoms with Crippen molar-refractivity contribution in [3.8, 4) is 0 Å². The second kappa shape index (κ2) is 6.80. The molecule has 0 amide bonds. The molecular formula is C18H31N3. The van der Waals surface area contributed by atoms with E-state index in [4.69, 9.17) is 5.73 Å². The van der Waals surface area contributed by atoms with Gasteiger partial charge in [0, 0.05) is 37.3 Å². The molecule has 1 aliphatic rings. The Kier molecular flexibility index (Phi) is 5.28. The first kappa shape index (κ1) is 16.3. The number of hydrogen-bond acceptors (Lipinski definition) is 3. The third-order valence-electron chi connectivity index (χ3n) is 4.39. The summed E-state index contributed by atoms with van der Waals surface area (Å²) >= 11 is 0. The molecule has 0 atom stereocenters. The summed E-state index contributed by atoms with van der Waals surface area (Å²) in [6.07, 6.45) is 2.63. The van der Waals surface area contributed by atoms with Crippen LogP contribution in [0.1, 0.15) is 32.3 Å². The van der Waals surface area contributed by atoms with Gasteiger partial charge in [0.05, 0.1) is 0 Å². The molecule has 1 aliphatic carbocycles. The maximum Gasteiger partial charge on any atom is 0.0314 e. The molecule has 3 nitrogen and oxygen atoms in total. The van der Waals surface area contributed by atoms with Crippen molar-refractivity contribution in [2.24, 2.45) is 5.92 Å². The fourth-order valence-electron chi connectivity index (χ4n) is 3.05. The van der Waals surface area contributed by atoms with E-state index >= 15 is 0 Å². The van der Waals surface area contributed by atoms with Gasteiger partial charge >= 0.3 is 0 Å². The summed E-state index contributed by atoms with van der Waals surface area (Å²) in [5, 5.41) is 0. The number of nitrogens with zero attached hydrogens (tertiary/aromatic N) is 2. The third-order valence-corrected chi connectivity index (χ3v) is 4.39. The zero-order valence-electron chi connectivity index (χ0n) is 14.1. The SMILES string of the molecule is CC(C)CN(CCN(C)C)CC1(c2ccc(N)cc2)CC1. The quantitative estimate of drug-likeness (QED) is 0.747. The minimum Gasteiger partial charge on any atom is -0.399 e. The summed E-state index contributed by atoms with van der Waals surface area (Å²) in [6.45, 7) is 9.27. The van der Waals surface area contributed by atoms with E-state index in [1.54, 1.807) is 0 Å². The van der Waals surface area contributed by atoms with E-state index in [2.05, 4.69) is 49.9 Å². The predicted octanol–water partition coefficient (Wildman–Crippen LogP) is 2.82. The zero-order chi connectivity index (χ0) is 15.5. The average molecular weight is 289 g/mol. The van der Waals surface area contributed by atoms with E-state index in [0.717, 1.165) is 24.7 Å². The molecule has 3 heteroatoms. The van der Waals surface area contributed by atoms with Gasteiger partial charge in [-0.3, -0.25) is 0 Å². The van der Waals surface area contributed by atoms with Gasteiger partial charge in [0.15, 0.2) is 0 Å². The summed E-state index contributed by atoms with van der Waals surface area (Å²) in [7, 11) is 4.31. The van der Waals surface area contributed by atoms with Crippen molar-refractivity contribution in [3.05, 3.63) is 29.8 Å². The first-order chi connectivity index (χ1) is 9.91. The lowest BCUT2D eigenvalue weighted by Gasteiger charge is -2.30. The zero-order valence-corrected chi connectivity index (χ0v) is 14.1. The van der Waals surface area contributed by atoms with Crippen LogP contribution < -0.4 is 5.73 Å². The Morgan fingerprint density at radius 2 is 1.71 bits per heavy atom. The molecular weight excluding hydrogens is 258 g/mol. The second-order valence-corrected chi connectivity index (χ2v) is 7.33. The Hall–Kier alpha value is -1.06. The van der Waals surface area contributed by atoms with Crippen molar-refractivity contribution >= 4 is 5.69 Å². The first-order valence-corrected chi connectivity index (χ1v) is 8.14. The summed E-state index contributed by atoms with van der Waals surface area (Å²) in [5.41, 5.74) is 8.54. The summed E-state index contributed by atoms with van der Waals surface area (Å²) in [5.74, 6) is 0.717. The molecule has 0 aliphatic heterocycles. The van der Waals surface area contributed by atoms with Crippen LogP contribution in [-0.2, 0) is 5.41 Å².